The fourth-order valence-electron chi connectivity index (χ4n) is 4.22. The Morgan fingerprint density at radius 1 is 1.02 bits per heavy atom. The minimum absolute atomic E-state index is 0.00998. The van der Waals surface area contributed by atoms with Gasteiger partial charge in [-0.2, -0.15) is 9.78 Å². The first-order valence-electron chi connectivity index (χ1n) is 12.2. The first-order chi connectivity index (χ1) is 20.7. The van der Waals surface area contributed by atoms with Crippen LogP contribution < -0.4 is 10.3 Å². The summed E-state index contributed by atoms with van der Waals surface area (Å²) in [5.41, 5.74) is -0.391. The number of benzene rings is 3. The predicted octanol–water partition coefficient (Wildman–Crippen LogP) is 7.11. The third kappa shape index (κ3) is 5.43. The molecule has 0 spiro atoms. The molecule has 13 nitrogen and oxygen atoms in total. The van der Waals surface area contributed by atoms with Crippen molar-refractivity contribution in [3.63, 3.8) is 0 Å². The molecule has 3 aromatic heterocycles. The average Bonchev–Trinajstić information content (AvgIpc) is 3.41. The molecule has 6 rings (SSSR count). The van der Waals surface area contributed by atoms with E-state index in [1.54, 1.807) is 36.4 Å². The van der Waals surface area contributed by atoms with Crippen molar-refractivity contribution >= 4 is 67.0 Å². The first-order valence-corrected chi connectivity index (χ1v) is 13.4. The van der Waals surface area contributed by atoms with Crippen molar-refractivity contribution in [3.05, 3.63) is 125 Å². The lowest BCUT2D eigenvalue weighted by Crippen LogP contribution is -2.20. The highest BCUT2D eigenvalue weighted by molar-refractivity contribution is 9.10. The normalized spacial score (nSPS) is 11.4. The Balaban J connectivity index is 1.52. The second kappa shape index (κ2) is 11.1. The average molecular weight is 662 g/mol. The molecule has 0 bridgehead atoms. The first kappa shape index (κ1) is 27.7. The number of hydrogen-bond donors (Lipinski definition) is 0. The van der Waals surface area contributed by atoms with E-state index in [9.17, 15) is 25.0 Å². The van der Waals surface area contributed by atoms with Gasteiger partial charge in [0.15, 0.2) is 5.76 Å². The number of ether oxygens (including phenoxy) is 1. The predicted molar refractivity (Wildman–Crippen MR) is 161 cm³/mol. The maximum Gasteiger partial charge on any atom is 0.313 e. The molecule has 6 aromatic rings. The number of furan rings is 1. The van der Waals surface area contributed by atoms with Crippen LogP contribution in [0.25, 0.3) is 33.5 Å². The van der Waals surface area contributed by atoms with Crippen LogP contribution in [0.2, 0.25) is 5.02 Å². The van der Waals surface area contributed by atoms with E-state index in [1.807, 2.05) is 12.1 Å². The molecule has 0 unspecified atom stereocenters. The van der Waals surface area contributed by atoms with E-state index in [0.29, 0.717) is 11.1 Å². The summed E-state index contributed by atoms with van der Waals surface area (Å²) in [6.45, 7) is 0. The van der Waals surface area contributed by atoms with Crippen LogP contribution in [0.15, 0.2) is 97.8 Å². The molecule has 3 heterocycles. The van der Waals surface area contributed by atoms with Crippen LogP contribution in [0.1, 0.15) is 5.56 Å². The largest absolute Gasteiger partial charge is 0.453 e. The monoisotopic (exact) mass is 660 g/mol. The zero-order chi connectivity index (χ0) is 30.2. The molecule has 0 amide bonds. The highest BCUT2D eigenvalue weighted by Crippen LogP contribution is 2.37. The SMILES string of the molecule is O=c1c2ccccc2nc(-c2cc3cc(Br)ccc3o2)n1N=Cc1cc(Cl)cc([N+](=O)[O-])c1Oc1ccc([N+](=O)[O-])cn1. The molecule has 0 aliphatic rings. The summed E-state index contributed by atoms with van der Waals surface area (Å²) < 4.78 is 13.5. The molecule has 0 saturated heterocycles. The van der Waals surface area contributed by atoms with E-state index in [2.05, 4.69) is 31.0 Å². The lowest BCUT2D eigenvalue weighted by molar-refractivity contribution is -0.385. The van der Waals surface area contributed by atoms with Crippen molar-refractivity contribution in [1.82, 2.24) is 14.6 Å². The Morgan fingerprint density at radius 2 is 1.84 bits per heavy atom. The summed E-state index contributed by atoms with van der Waals surface area (Å²) in [5, 5.41) is 28.3. The van der Waals surface area contributed by atoms with Gasteiger partial charge in [0.2, 0.25) is 17.5 Å². The Bertz CT molecular complexity index is 2180. The van der Waals surface area contributed by atoms with Crippen LogP contribution in [0.4, 0.5) is 11.4 Å². The van der Waals surface area contributed by atoms with Crippen molar-refractivity contribution in [3.8, 4) is 23.2 Å². The topological polar surface area (TPSA) is 169 Å². The highest BCUT2D eigenvalue weighted by atomic mass is 79.9. The minimum atomic E-state index is -0.717. The Morgan fingerprint density at radius 3 is 2.58 bits per heavy atom. The standard InChI is InChI=1S/C28H14BrClN6O7/c29-17-5-7-23-15(9-17)11-24(42-23)27-33-21-4-2-1-3-20(21)28(37)34(27)32-13-16-10-18(30)12-22(36(40)41)26(16)43-25-8-6-19(14-31-25)35(38)39/h1-14H. The number of fused-ring (bicyclic) bond motifs is 2. The van der Waals surface area contributed by atoms with Gasteiger partial charge < -0.3 is 9.15 Å². The Kier molecular flexibility index (Phi) is 7.13. The molecule has 212 valence electrons. The molecule has 3 aromatic carbocycles. The Hall–Kier alpha value is -5.47. The summed E-state index contributed by atoms with van der Waals surface area (Å²) in [6.07, 6.45) is 2.10. The summed E-state index contributed by atoms with van der Waals surface area (Å²) in [4.78, 5) is 43.7. The van der Waals surface area contributed by atoms with Crippen molar-refractivity contribution in [1.29, 1.82) is 0 Å². The van der Waals surface area contributed by atoms with E-state index < -0.39 is 21.1 Å². The zero-order valence-corrected chi connectivity index (χ0v) is 23.7. The van der Waals surface area contributed by atoms with Gasteiger partial charge >= 0.3 is 5.69 Å². The molecular weight excluding hydrogens is 648 g/mol. The van der Waals surface area contributed by atoms with Crippen LogP contribution >= 0.6 is 27.5 Å². The maximum absolute atomic E-state index is 13.6. The van der Waals surface area contributed by atoms with E-state index >= 15 is 0 Å². The molecule has 15 heteroatoms. The third-order valence-corrected chi connectivity index (χ3v) is 6.87. The molecule has 0 aliphatic heterocycles. The van der Waals surface area contributed by atoms with E-state index in [1.165, 1.54) is 12.1 Å². The van der Waals surface area contributed by atoms with Gasteiger partial charge in [-0.25, -0.2) is 9.97 Å². The number of pyridine rings is 1. The van der Waals surface area contributed by atoms with Gasteiger partial charge in [0.1, 0.15) is 11.8 Å². The number of nitro groups is 2. The van der Waals surface area contributed by atoms with Gasteiger partial charge in [0.25, 0.3) is 11.2 Å². The van der Waals surface area contributed by atoms with Crippen LogP contribution in [-0.4, -0.2) is 30.7 Å². The fourth-order valence-corrected chi connectivity index (χ4v) is 4.82. The van der Waals surface area contributed by atoms with Crippen molar-refractivity contribution < 1.29 is 19.0 Å². The van der Waals surface area contributed by atoms with Gasteiger partial charge in [-0.3, -0.25) is 25.0 Å². The van der Waals surface area contributed by atoms with Crippen molar-refractivity contribution in [2.45, 2.75) is 0 Å². The zero-order valence-electron chi connectivity index (χ0n) is 21.4. The lowest BCUT2D eigenvalue weighted by atomic mass is 10.2. The van der Waals surface area contributed by atoms with Gasteiger partial charge in [0.05, 0.1) is 27.0 Å². The third-order valence-electron chi connectivity index (χ3n) is 6.16. The van der Waals surface area contributed by atoms with Crippen molar-refractivity contribution in [2.24, 2.45) is 5.10 Å². The van der Waals surface area contributed by atoms with Gasteiger partial charge in [-0.1, -0.05) is 39.7 Å². The van der Waals surface area contributed by atoms with E-state index in [-0.39, 0.29) is 44.9 Å². The van der Waals surface area contributed by atoms with Crippen molar-refractivity contribution in [2.75, 3.05) is 0 Å². The quantitative estimate of drug-likeness (QED) is 0.0983. The lowest BCUT2D eigenvalue weighted by Gasteiger charge is -2.10. The molecule has 43 heavy (non-hydrogen) atoms. The number of para-hydroxylation sites is 1. The summed E-state index contributed by atoms with van der Waals surface area (Å²) in [6, 6.07) is 18.5. The van der Waals surface area contributed by atoms with E-state index in [0.717, 1.165) is 39.1 Å². The number of rotatable bonds is 7. The number of aromatic nitrogens is 3. The maximum atomic E-state index is 13.6. The van der Waals surface area contributed by atoms with Crippen LogP contribution in [0, 0.1) is 20.2 Å². The summed E-state index contributed by atoms with van der Waals surface area (Å²) in [5.74, 6) is -0.152. The molecule has 0 fully saturated rings. The summed E-state index contributed by atoms with van der Waals surface area (Å²) in [7, 11) is 0. The number of nitro benzene ring substituents is 1. The van der Waals surface area contributed by atoms with Gasteiger partial charge in [-0.15, -0.1) is 0 Å². The smallest absolute Gasteiger partial charge is 0.313 e. The number of hydrogen-bond acceptors (Lipinski definition) is 10. The fraction of sp³-hybridized carbons (Fsp3) is 0. The second-order valence-corrected chi connectivity index (χ2v) is 10.3. The molecule has 0 radical (unpaired) electrons. The van der Waals surface area contributed by atoms with Crippen LogP contribution in [0.3, 0.4) is 0 Å². The summed E-state index contributed by atoms with van der Waals surface area (Å²) >= 11 is 9.62. The van der Waals surface area contributed by atoms with Gasteiger partial charge in [0, 0.05) is 38.6 Å². The molecule has 0 atom stereocenters. The van der Waals surface area contributed by atoms with Gasteiger partial charge in [-0.05, 0) is 42.5 Å². The van der Waals surface area contributed by atoms with Crippen LogP contribution in [0.5, 0.6) is 11.6 Å². The molecule has 0 saturated carbocycles. The molecule has 0 N–H and O–H groups in total. The highest BCUT2D eigenvalue weighted by Gasteiger charge is 2.23. The Labute approximate surface area is 253 Å². The minimum Gasteiger partial charge on any atom is -0.453 e. The van der Waals surface area contributed by atoms with E-state index in [4.69, 9.17) is 20.8 Å². The van der Waals surface area contributed by atoms with Crippen LogP contribution in [-0.2, 0) is 0 Å². The second-order valence-electron chi connectivity index (χ2n) is 8.92. The number of nitrogens with zero attached hydrogens (tertiary/aromatic N) is 6. The number of halogens is 2. The molecular formula is C28H14BrClN6O7. The molecule has 0 aliphatic carbocycles.